The van der Waals surface area contributed by atoms with Gasteiger partial charge < -0.3 is 0 Å². The normalized spacial score (nSPS) is 15.5. The minimum absolute atomic E-state index is 0.778. The van der Waals surface area contributed by atoms with E-state index in [0.29, 0.717) is 0 Å². The number of rotatable bonds is 3. The van der Waals surface area contributed by atoms with Crippen molar-refractivity contribution >= 4 is 23.4 Å². The summed E-state index contributed by atoms with van der Waals surface area (Å²) >= 11 is 7.57. The largest absolute Gasteiger partial charge is 0.219 e. The fourth-order valence-corrected chi connectivity index (χ4v) is 2.69. The molecular weight excluding hydrogens is 254 g/mol. The number of aromatic nitrogens is 3. The van der Waals surface area contributed by atoms with Gasteiger partial charge in [-0.3, -0.25) is 0 Å². The van der Waals surface area contributed by atoms with Crippen molar-refractivity contribution in [1.29, 1.82) is 0 Å². The van der Waals surface area contributed by atoms with Crippen LogP contribution in [0.25, 0.3) is 0 Å². The number of nitrogens with zero attached hydrogens (tertiary/aromatic N) is 3. The Bertz CT molecular complexity index is 462. The third-order valence-electron chi connectivity index (χ3n) is 2.41. The van der Waals surface area contributed by atoms with Gasteiger partial charge in [0.25, 0.3) is 0 Å². The molecule has 0 spiro atoms. The molecule has 2 rings (SSSR count). The number of hydrogen-bond acceptors (Lipinski definition) is 4. The van der Waals surface area contributed by atoms with E-state index in [4.69, 9.17) is 11.6 Å². The standard InChI is InChI=1S/C12H14ClN3S/c1-8-14-9(2)16-12(15-8)17-7-10-3-5-11(13)6-4-10/h3,5H,4,6-7H2,1-2H3. The first-order valence-electron chi connectivity index (χ1n) is 5.49. The van der Waals surface area contributed by atoms with Crippen LogP contribution < -0.4 is 0 Å². The molecule has 5 heteroatoms. The predicted octanol–water partition coefficient (Wildman–Crippen LogP) is 3.42. The average molecular weight is 268 g/mol. The summed E-state index contributed by atoms with van der Waals surface area (Å²) in [5.41, 5.74) is 1.38. The molecule has 1 aliphatic carbocycles. The summed E-state index contributed by atoms with van der Waals surface area (Å²) in [5, 5.41) is 1.74. The number of hydrogen-bond donors (Lipinski definition) is 0. The highest BCUT2D eigenvalue weighted by molar-refractivity contribution is 7.99. The van der Waals surface area contributed by atoms with Crippen LogP contribution in [0.2, 0.25) is 0 Å². The van der Waals surface area contributed by atoms with E-state index in [1.54, 1.807) is 11.8 Å². The molecule has 17 heavy (non-hydrogen) atoms. The lowest BCUT2D eigenvalue weighted by atomic mass is 10.1. The van der Waals surface area contributed by atoms with E-state index < -0.39 is 0 Å². The maximum atomic E-state index is 5.92. The molecule has 0 aliphatic heterocycles. The SMILES string of the molecule is Cc1nc(C)nc(SCC2=CC=C(Cl)CC2)n1. The van der Waals surface area contributed by atoms with Gasteiger partial charge in [0, 0.05) is 10.8 Å². The lowest BCUT2D eigenvalue weighted by molar-refractivity contribution is 0.819. The number of allylic oxidation sites excluding steroid dienone is 3. The van der Waals surface area contributed by atoms with Gasteiger partial charge >= 0.3 is 0 Å². The zero-order valence-electron chi connectivity index (χ0n) is 9.90. The van der Waals surface area contributed by atoms with Gasteiger partial charge in [0.2, 0.25) is 0 Å². The van der Waals surface area contributed by atoms with E-state index >= 15 is 0 Å². The molecule has 1 heterocycles. The monoisotopic (exact) mass is 267 g/mol. The highest BCUT2D eigenvalue weighted by Gasteiger charge is 2.07. The van der Waals surface area contributed by atoms with E-state index in [-0.39, 0.29) is 0 Å². The molecular formula is C12H14ClN3S. The molecule has 0 saturated carbocycles. The van der Waals surface area contributed by atoms with Crippen molar-refractivity contribution in [3.05, 3.63) is 34.4 Å². The van der Waals surface area contributed by atoms with Gasteiger partial charge in [0.15, 0.2) is 5.16 Å². The summed E-state index contributed by atoms with van der Waals surface area (Å²) in [6.45, 7) is 3.78. The second-order valence-electron chi connectivity index (χ2n) is 3.94. The first-order chi connectivity index (χ1) is 8.13. The fourth-order valence-electron chi connectivity index (χ4n) is 1.58. The topological polar surface area (TPSA) is 38.7 Å². The van der Waals surface area contributed by atoms with Crippen molar-refractivity contribution in [2.24, 2.45) is 0 Å². The molecule has 0 fully saturated rings. The summed E-state index contributed by atoms with van der Waals surface area (Å²) in [6.07, 6.45) is 6.05. The summed E-state index contributed by atoms with van der Waals surface area (Å²) in [4.78, 5) is 12.8. The molecule has 0 amide bonds. The van der Waals surface area contributed by atoms with E-state index in [2.05, 4.69) is 21.0 Å². The second kappa shape index (κ2) is 5.65. The van der Waals surface area contributed by atoms with Gasteiger partial charge in [-0.25, -0.2) is 15.0 Å². The lowest BCUT2D eigenvalue weighted by Crippen LogP contribution is -1.99. The Morgan fingerprint density at radius 1 is 1.12 bits per heavy atom. The van der Waals surface area contributed by atoms with Gasteiger partial charge in [0.1, 0.15) is 11.6 Å². The minimum Gasteiger partial charge on any atom is -0.219 e. The maximum absolute atomic E-state index is 5.92. The fraction of sp³-hybridized carbons (Fsp3) is 0.417. The van der Waals surface area contributed by atoms with Crippen LogP contribution in [-0.4, -0.2) is 20.7 Å². The van der Waals surface area contributed by atoms with Crippen LogP contribution in [0.5, 0.6) is 0 Å². The Labute approximate surface area is 110 Å². The van der Waals surface area contributed by atoms with E-state index in [1.807, 2.05) is 19.9 Å². The van der Waals surface area contributed by atoms with Gasteiger partial charge in [-0.2, -0.15) is 0 Å². The molecule has 3 nitrogen and oxygen atoms in total. The molecule has 90 valence electrons. The molecule has 0 N–H and O–H groups in total. The molecule has 1 aromatic heterocycles. The summed E-state index contributed by atoms with van der Waals surface area (Å²) < 4.78 is 0. The Balaban J connectivity index is 1.98. The van der Waals surface area contributed by atoms with Gasteiger partial charge in [-0.05, 0) is 32.8 Å². The summed E-state index contributed by atoms with van der Waals surface area (Å²) in [6, 6.07) is 0. The lowest BCUT2D eigenvalue weighted by Gasteiger charge is -2.10. The molecule has 0 saturated heterocycles. The van der Waals surface area contributed by atoms with E-state index in [0.717, 1.165) is 40.4 Å². The number of halogens is 1. The van der Waals surface area contributed by atoms with Crippen LogP contribution in [0, 0.1) is 13.8 Å². The van der Waals surface area contributed by atoms with Crippen LogP contribution in [0.3, 0.4) is 0 Å². The molecule has 0 aromatic carbocycles. The van der Waals surface area contributed by atoms with Crippen molar-refractivity contribution in [3.8, 4) is 0 Å². The van der Waals surface area contributed by atoms with Crippen LogP contribution in [-0.2, 0) is 0 Å². The smallest absolute Gasteiger partial charge is 0.191 e. The third-order valence-corrected chi connectivity index (χ3v) is 3.68. The van der Waals surface area contributed by atoms with Gasteiger partial charge in [-0.1, -0.05) is 35.0 Å². The predicted molar refractivity (Wildman–Crippen MR) is 71.3 cm³/mol. The first-order valence-corrected chi connectivity index (χ1v) is 6.86. The van der Waals surface area contributed by atoms with Crippen molar-refractivity contribution in [1.82, 2.24) is 15.0 Å². The van der Waals surface area contributed by atoms with Crippen molar-refractivity contribution in [3.63, 3.8) is 0 Å². The van der Waals surface area contributed by atoms with Gasteiger partial charge in [0.05, 0.1) is 0 Å². The highest BCUT2D eigenvalue weighted by atomic mass is 35.5. The van der Waals surface area contributed by atoms with Crippen molar-refractivity contribution in [2.75, 3.05) is 5.75 Å². The Morgan fingerprint density at radius 3 is 2.41 bits per heavy atom. The Kier molecular flexibility index (Phi) is 4.18. The van der Waals surface area contributed by atoms with Crippen molar-refractivity contribution in [2.45, 2.75) is 31.8 Å². The Morgan fingerprint density at radius 2 is 1.82 bits per heavy atom. The maximum Gasteiger partial charge on any atom is 0.191 e. The third kappa shape index (κ3) is 3.82. The second-order valence-corrected chi connectivity index (χ2v) is 5.37. The average Bonchev–Trinajstić information content (AvgIpc) is 2.27. The highest BCUT2D eigenvalue weighted by Crippen LogP contribution is 2.25. The minimum atomic E-state index is 0.778. The van der Waals surface area contributed by atoms with E-state index in [9.17, 15) is 0 Å². The molecule has 0 radical (unpaired) electrons. The van der Waals surface area contributed by atoms with E-state index in [1.165, 1.54) is 5.57 Å². The zero-order valence-corrected chi connectivity index (χ0v) is 11.5. The van der Waals surface area contributed by atoms with Gasteiger partial charge in [-0.15, -0.1) is 0 Å². The molecule has 1 aromatic rings. The summed E-state index contributed by atoms with van der Waals surface area (Å²) in [7, 11) is 0. The van der Waals surface area contributed by atoms with Crippen LogP contribution >= 0.6 is 23.4 Å². The number of aryl methyl sites for hydroxylation is 2. The number of thioether (sulfide) groups is 1. The summed E-state index contributed by atoms with van der Waals surface area (Å²) in [5.74, 6) is 2.48. The molecule has 0 atom stereocenters. The molecule has 1 aliphatic rings. The molecule has 0 bridgehead atoms. The van der Waals surface area contributed by atoms with Crippen LogP contribution in [0.15, 0.2) is 27.9 Å². The van der Waals surface area contributed by atoms with Crippen LogP contribution in [0.1, 0.15) is 24.5 Å². The Hall–Kier alpha value is -0.870. The molecule has 0 unspecified atom stereocenters. The van der Waals surface area contributed by atoms with Crippen molar-refractivity contribution < 1.29 is 0 Å². The zero-order chi connectivity index (χ0) is 12.3. The van der Waals surface area contributed by atoms with Crippen LogP contribution in [0.4, 0.5) is 0 Å². The first kappa shape index (κ1) is 12.6. The quantitative estimate of drug-likeness (QED) is 0.787.